The highest BCUT2D eigenvalue weighted by Gasteiger charge is 2.13. The Hall–Kier alpha value is -1.04. The first kappa shape index (κ1) is 15.4. The van der Waals surface area contributed by atoms with E-state index in [2.05, 4.69) is 10.2 Å². The van der Waals surface area contributed by atoms with Gasteiger partial charge in [-0.3, -0.25) is 0 Å². The van der Waals surface area contributed by atoms with Gasteiger partial charge in [-0.25, -0.2) is 0 Å². The number of benzene rings is 1. The van der Waals surface area contributed by atoms with Crippen molar-refractivity contribution in [2.24, 2.45) is 7.05 Å². The predicted octanol–water partition coefficient (Wildman–Crippen LogP) is 3.65. The molecule has 4 nitrogen and oxygen atoms in total. The van der Waals surface area contributed by atoms with Crippen molar-refractivity contribution in [2.45, 2.75) is 25.1 Å². The average molecular weight is 312 g/mol. The topological polar surface area (TPSA) is 39.9 Å². The minimum atomic E-state index is 0.258. The van der Waals surface area contributed by atoms with Crippen molar-refractivity contribution in [1.82, 2.24) is 14.8 Å². The standard InChI is InChI=1S/C14H18ClN3OS/c1-10(2)19-8-9-20-14-17-16-13(18(14)3)11-6-4-5-7-12(11)15/h4-7,10H,8-9H2,1-3H3. The summed E-state index contributed by atoms with van der Waals surface area (Å²) in [7, 11) is 1.95. The monoisotopic (exact) mass is 311 g/mol. The van der Waals surface area contributed by atoms with Crippen molar-refractivity contribution in [3.8, 4) is 11.4 Å². The molecule has 108 valence electrons. The number of ether oxygens (including phenoxy) is 1. The van der Waals surface area contributed by atoms with Gasteiger partial charge in [0.05, 0.1) is 17.7 Å². The van der Waals surface area contributed by atoms with Crippen LogP contribution in [0.5, 0.6) is 0 Å². The van der Waals surface area contributed by atoms with E-state index in [4.69, 9.17) is 16.3 Å². The minimum Gasteiger partial charge on any atom is -0.378 e. The second kappa shape index (κ2) is 7.11. The number of nitrogens with zero attached hydrogens (tertiary/aromatic N) is 3. The molecule has 1 heterocycles. The van der Waals surface area contributed by atoms with Crippen LogP contribution in [0.15, 0.2) is 29.4 Å². The van der Waals surface area contributed by atoms with Crippen LogP contribution in [0.4, 0.5) is 0 Å². The van der Waals surface area contributed by atoms with Crippen molar-refractivity contribution >= 4 is 23.4 Å². The highest BCUT2D eigenvalue weighted by molar-refractivity contribution is 7.99. The van der Waals surface area contributed by atoms with E-state index < -0.39 is 0 Å². The van der Waals surface area contributed by atoms with E-state index >= 15 is 0 Å². The van der Waals surface area contributed by atoms with Gasteiger partial charge in [0.2, 0.25) is 0 Å². The summed E-state index contributed by atoms with van der Waals surface area (Å²) in [4.78, 5) is 0. The molecule has 0 amide bonds. The first-order valence-electron chi connectivity index (χ1n) is 6.48. The number of hydrogen-bond donors (Lipinski definition) is 0. The van der Waals surface area contributed by atoms with E-state index in [1.54, 1.807) is 11.8 Å². The molecule has 2 aromatic rings. The molecular weight excluding hydrogens is 294 g/mol. The van der Waals surface area contributed by atoms with Crippen LogP contribution in [-0.2, 0) is 11.8 Å². The van der Waals surface area contributed by atoms with Crippen LogP contribution in [0.2, 0.25) is 5.02 Å². The highest BCUT2D eigenvalue weighted by Crippen LogP contribution is 2.28. The Labute approximate surface area is 128 Å². The second-order valence-electron chi connectivity index (χ2n) is 4.61. The summed E-state index contributed by atoms with van der Waals surface area (Å²) in [5.41, 5.74) is 0.898. The van der Waals surface area contributed by atoms with Gasteiger partial charge < -0.3 is 9.30 Å². The molecule has 0 spiro atoms. The number of hydrogen-bond acceptors (Lipinski definition) is 4. The molecule has 2 rings (SSSR count). The maximum absolute atomic E-state index is 6.19. The fraction of sp³-hybridized carbons (Fsp3) is 0.429. The molecule has 1 aromatic carbocycles. The third kappa shape index (κ3) is 3.75. The molecular formula is C14H18ClN3OS. The maximum Gasteiger partial charge on any atom is 0.191 e. The molecule has 0 aliphatic carbocycles. The Bertz CT molecular complexity index is 571. The van der Waals surface area contributed by atoms with E-state index in [-0.39, 0.29) is 6.10 Å². The van der Waals surface area contributed by atoms with Crippen LogP contribution in [0, 0.1) is 0 Å². The molecule has 0 aliphatic rings. The highest BCUT2D eigenvalue weighted by atomic mass is 35.5. The first-order valence-corrected chi connectivity index (χ1v) is 7.84. The molecule has 6 heteroatoms. The van der Waals surface area contributed by atoms with Crippen LogP contribution in [0.1, 0.15) is 13.8 Å². The molecule has 0 bridgehead atoms. The zero-order valence-electron chi connectivity index (χ0n) is 11.8. The summed E-state index contributed by atoms with van der Waals surface area (Å²) in [6.07, 6.45) is 0.258. The lowest BCUT2D eigenvalue weighted by atomic mass is 10.2. The Morgan fingerprint density at radius 1 is 1.30 bits per heavy atom. The number of halogens is 1. The minimum absolute atomic E-state index is 0.258. The van der Waals surface area contributed by atoms with Crippen molar-refractivity contribution in [3.05, 3.63) is 29.3 Å². The van der Waals surface area contributed by atoms with E-state index in [0.717, 1.165) is 22.3 Å². The zero-order valence-corrected chi connectivity index (χ0v) is 13.4. The lowest BCUT2D eigenvalue weighted by molar-refractivity contribution is 0.0920. The quantitative estimate of drug-likeness (QED) is 0.603. The molecule has 0 unspecified atom stereocenters. The van der Waals surface area contributed by atoms with Gasteiger partial charge in [0.25, 0.3) is 0 Å². The molecule has 0 atom stereocenters. The largest absolute Gasteiger partial charge is 0.378 e. The van der Waals surface area contributed by atoms with E-state index in [1.807, 2.05) is 49.7 Å². The number of aromatic nitrogens is 3. The lowest BCUT2D eigenvalue weighted by Gasteiger charge is -2.07. The van der Waals surface area contributed by atoms with Gasteiger partial charge in [-0.05, 0) is 26.0 Å². The summed E-state index contributed by atoms with van der Waals surface area (Å²) in [6.45, 7) is 4.77. The van der Waals surface area contributed by atoms with Gasteiger partial charge in [0.1, 0.15) is 0 Å². The smallest absolute Gasteiger partial charge is 0.191 e. The molecule has 0 saturated carbocycles. The van der Waals surface area contributed by atoms with Gasteiger partial charge in [0, 0.05) is 18.4 Å². The van der Waals surface area contributed by atoms with Gasteiger partial charge >= 0.3 is 0 Å². The fourth-order valence-corrected chi connectivity index (χ4v) is 2.70. The van der Waals surface area contributed by atoms with E-state index in [1.165, 1.54) is 0 Å². The molecule has 0 aliphatic heterocycles. The van der Waals surface area contributed by atoms with Crippen LogP contribution in [0.3, 0.4) is 0 Å². The number of rotatable bonds is 6. The van der Waals surface area contributed by atoms with Gasteiger partial charge in [-0.15, -0.1) is 10.2 Å². The first-order chi connectivity index (χ1) is 9.59. The predicted molar refractivity (Wildman–Crippen MR) is 83.3 cm³/mol. The van der Waals surface area contributed by atoms with Crippen molar-refractivity contribution in [1.29, 1.82) is 0 Å². The maximum atomic E-state index is 6.19. The van der Waals surface area contributed by atoms with Crippen molar-refractivity contribution in [2.75, 3.05) is 12.4 Å². The molecule has 20 heavy (non-hydrogen) atoms. The molecule has 0 fully saturated rings. The second-order valence-corrected chi connectivity index (χ2v) is 6.08. The van der Waals surface area contributed by atoms with Crippen molar-refractivity contribution in [3.63, 3.8) is 0 Å². The van der Waals surface area contributed by atoms with E-state index in [9.17, 15) is 0 Å². The summed E-state index contributed by atoms with van der Waals surface area (Å²) < 4.78 is 7.47. The molecule has 0 saturated heterocycles. The SMILES string of the molecule is CC(C)OCCSc1nnc(-c2ccccc2Cl)n1C. The van der Waals surface area contributed by atoms with E-state index in [0.29, 0.717) is 11.6 Å². The van der Waals surface area contributed by atoms with Gasteiger partial charge in [-0.1, -0.05) is 35.5 Å². The Morgan fingerprint density at radius 2 is 2.05 bits per heavy atom. The zero-order chi connectivity index (χ0) is 14.5. The normalized spacial score (nSPS) is 11.2. The summed E-state index contributed by atoms with van der Waals surface area (Å²) >= 11 is 7.83. The summed E-state index contributed by atoms with van der Waals surface area (Å²) in [5, 5.41) is 9.99. The Kier molecular flexibility index (Phi) is 5.46. The van der Waals surface area contributed by atoms with Crippen molar-refractivity contribution < 1.29 is 4.74 Å². The van der Waals surface area contributed by atoms with Crippen LogP contribution in [0.25, 0.3) is 11.4 Å². The van der Waals surface area contributed by atoms with Crippen LogP contribution in [-0.4, -0.2) is 33.2 Å². The molecule has 1 aromatic heterocycles. The summed E-state index contributed by atoms with van der Waals surface area (Å²) in [6, 6.07) is 7.65. The lowest BCUT2D eigenvalue weighted by Crippen LogP contribution is -2.06. The number of thioether (sulfide) groups is 1. The molecule has 0 N–H and O–H groups in total. The Balaban J connectivity index is 2.06. The average Bonchev–Trinajstić information content (AvgIpc) is 2.77. The summed E-state index contributed by atoms with van der Waals surface area (Å²) in [5.74, 6) is 1.63. The van der Waals surface area contributed by atoms with Crippen LogP contribution >= 0.6 is 23.4 Å². The third-order valence-electron chi connectivity index (χ3n) is 2.72. The Morgan fingerprint density at radius 3 is 2.75 bits per heavy atom. The van der Waals surface area contributed by atoms with Crippen LogP contribution < -0.4 is 0 Å². The van der Waals surface area contributed by atoms with Gasteiger partial charge in [-0.2, -0.15) is 0 Å². The van der Waals surface area contributed by atoms with Gasteiger partial charge in [0.15, 0.2) is 11.0 Å². The molecule has 0 radical (unpaired) electrons. The fourth-order valence-electron chi connectivity index (χ4n) is 1.73. The third-order valence-corrected chi connectivity index (χ3v) is 4.03.